The molecule has 0 saturated carbocycles. The minimum absolute atomic E-state index is 0.315. The van der Waals surface area contributed by atoms with E-state index in [1.165, 1.54) is 5.38 Å². The zero-order valence-electron chi connectivity index (χ0n) is 11.5. The van der Waals surface area contributed by atoms with Gasteiger partial charge in [-0.3, -0.25) is 0 Å². The predicted molar refractivity (Wildman–Crippen MR) is 78.7 cm³/mol. The molecule has 0 saturated heterocycles. The van der Waals surface area contributed by atoms with Crippen molar-refractivity contribution in [2.45, 2.75) is 26.1 Å². The predicted octanol–water partition coefficient (Wildman–Crippen LogP) is 4.43. The Morgan fingerprint density at radius 3 is 2.71 bits per heavy atom. The molecule has 0 spiro atoms. The van der Waals surface area contributed by atoms with Gasteiger partial charge in [0, 0.05) is 17.0 Å². The summed E-state index contributed by atoms with van der Waals surface area (Å²) in [6, 6.07) is 5.93. The fourth-order valence-corrected chi connectivity index (χ4v) is 3.10. The van der Waals surface area contributed by atoms with Gasteiger partial charge in [0.25, 0.3) is 0 Å². The van der Waals surface area contributed by atoms with Gasteiger partial charge in [-0.2, -0.15) is 13.2 Å². The number of halogens is 3. The first kappa shape index (κ1) is 14.2. The van der Waals surface area contributed by atoms with Crippen molar-refractivity contribution in [3.8, 4) is 11.3 Å². The molecule has 2 aromatic rings. The maximum absolute atomic E-state index is 12.7. The van der Waals surface area contributed by atoms with Crippen LogP contribution in [0.5, 0.6) is 0 Å². The number of nitrogens with zero attached hydrogens (tertiary/aromatic N) is 2. The lowest BCUT2D eigenvalue weighted by molar-refractivity contribution is -0.137. The summed E-state index contributed by atoms with van der Waals surface area (Å²) < 4.78 is 38.0. The van der Waals surface area contributed by atoms with Crippen LogP contribution in [0.1, 0.15) is 18.9 Å². The van der Waals surface area contributed by atoms with Crippen molar-refractivity contribution in [2.75, 3.05) is 16.9 Å². The van der Waals surface area contributed by atoms with Crippen molar-refractivity contribution >= 4 is 22.7 Å². The van der Waals surface area contributed by atoms with Gasteiger partial charge in [-0.1, -0.05) is 12.1 Å². The number of rotatable bonds is 2. The summed E-state index contributed by atoms with van der Waals surface area (Å²) in [5, 5.41) is 3.90. The summed E-state index contributed by atoms with van der Waals surface area (Å²) in [6.07, 6.45) is -4.39. The molecule has 1 aliphatic rings. The summed E-state index contributed by atoms with van der Waals surface area (Å²) in [6.45, 7) is 4.81. The van der Waals surface area contributed by atoms with Crippen LogP contribution in [-0.4, -0.2) is 17.7 Å². The molecule has 3 nitrogen and oxygen atoms in total. The highest BCUT2D eigenvalue weighted by molar-refractivity contribution is 7.10. The average molecular weight is 313 g/mol. The largest absolute Gasteiger partial charge is 0.443 e. The number of benzene rings is 1. The second-order valence-electron chi connectivity index (χ2n) is 5.13. The average Bonchev–Trinajstić information content (AvgIpc) is 3.04. The van der Waals surface area contributed by atoms with Crippen LogP contribution >= 0.6 is 11.3 Å². The SMILES string of the molecule is CC(C)N1CNc2c(-c3csc(C(F)(F)F)n3)cccc21. The lowest BCUT2D eigenvalue weighted by atomic mass is 10.1. The summed E-state index contributed by atoms with van der Waals surface area (Å²) in [7, 11) is 0. The first-order valence-electron chi connectivity index (χ1n) is 6.54. The molecular formula is C14H14F3N3S. The van der Waals surface area contributed by atoms with Gasteiger partial charge in [0.1, 0.15) is 0 Å². The molecular weight excluding hydrogens is 299 g/mol. The standard InChI is InChI=1S/C14H14F3N3S/c1-8(2)20-7-18-12-9(4-3-5-11(12)20)10-6-21-13(19-10)14(15,16)17/h3-6,8,18H,7H2,1-2H3. The van der Waals surface area contributed by atoms with Crippen LogP contribution in [-0.2, 0) is 6.18 Å². The second kappa shape index (κ2) is 4.91. The molecule has 0 unspecified atom stereocenters. The maximum atomic E-state index is 12.7. The first-order chi connectivity index (χ1) is 9.88. The molecule has 0 amide bonds. The fraction of sp³-hybridized carbons (Fsp3) is 0.357. The molecule has 112 valence electrons. The van der Waals surface area contributed by atoms with Crippen LogP contribution < -0.4 is 10.2 Å². The van der Waals surface area contributed by atoms with Gasteiger partial charge in [-0.15, -0.1) is 11.3 Å². The molecule has 1 aromatic carbocycles. The maximum Gasteiger partial charge on any atom is 0.443 e. The van der Waals surface area contributed by atoms with Crippen LogP contribution in [0.15, 0.2) is 23.6 Å². The van der Waals surface area contributed by atoms with E-state index in [0.717, 1.165) is 11.4 Å². The Bertz CT molecular complexity index is 664. The van der Waals surface area contributed by atoms with Crippen LogP contribution in [0.25, 0.3) is 11.3 Å². The minimum atomic E-state index is -4.39. The number of hydrogen-bond acceptors (Lipinski definition) is 4. The number of alkyl halides is 3. The lowest BCUT2D eigenvalue weighted by Gasteiger charge is -2.22. The van der Waals surface area contributed by atoms with Gasteiger partial charge in [-0.25, -0.2) is 4.98 Å². The zero-order valence-corrected chi connectivity index (χ0v) is 12.3. The van der Waals surface area contributed by atoms with Gasteiger partial charge in [-0.05, 0) is 19.9 Å². The van der Waals surface area contributed by atoms with Crippen LogP contribution in [0.4, 0.5) is 24.5 Å². The molecule has 1 aliphatic heterocycles. The van der Waals surface area contributed by atoms with E-state index >= 15 is 0 Å². The van der Waals surface area contributed by atoms with Crippen molar-refractivity contribution in [3.63, 3.8) is 0 Å². The van der Waals surface area contributed by atoms with Crippen molar-refractivity contribution in [1.82, 2.24) is 4.98 Å². The molecule has 1 aromatic heterocycles. The van der Waals surface area contributed by atoms with Gasteiger partial charge in [0.15, 0.2) is 5.01 Å². The van der Waals surface area contributed by atoms with Crippen LogP contribution in [0.3, 0.4) is 0 Å². The molecule has 0 radical (unpaired) electrons. The van der Waals surface area contributed by atoms with E-state index < -0.39 is 11.2 Å². The molecule has 0 atom stereocenters. The molecule has 0 aliphatic carbocycles. The van der Waals surface area contributed by atoms with E-state index in [9.17, 15) is 13.2 Å². The van der Waals surface area contributed by atoms with E-state index in [1.54, 1.807) is 6.07 Å². The van der Waals surface area contributed by atoms with Crippen molar-refractivity contribution in [3.05, 3.63) is 28.6 Å². The van der Waals surface area contributed by atoms with E-state index in [4.69, 9.17) is 0 Å². The zero-order chi connectivity index (χ0) is 15.2. The highest BCUT2D eigenvalue weighted by atomic mass is 32.1. The quantitative estimate of drug-likeness (QED) is 0.889. The monoisotopic (exact) mass is 313 g/mol. The highest BCUT2D eigenvalue weighted by Crippen LogP contribution is 2.42. The van der Waals surface area contributed by atoms with E-state index in [1.807, 2.05) is 12.1 Å². The molecule has 0 fully saturated rings. The number of fused-ring (bicyclic) bond motifs is 1. The first-order valence-corrected chi connectivity index (χ1v) is 7.42. The number of thiazole rings is 1. The van der Waals surface area contributed by atoms with E-state index in [0.29, 0.717) is 35.3 Å². The lowest BCUT2D eigenvalue weighted by Crippen LogP contribution is -2.29. The molecule has 3 rings (SSSR count). The van der Waals surface area contributed by atoms with Crippen LogP contribution in [0.2, 0.25) is 0 Å². The summed E-state index contributed by atoms with van der Waals surface area (Å²) in [5.41, 5.74) is 2.93. The smallest absolute Gasteiger partial charge is 0.366 e. The number of anilines is 2. The summed E-state index contributed by atoms with van der Waals surface area (Å²) >= 11 is 0.626. The Balaban J connectivity index is 2.03. The van der Waals surface area contributed by atoms with Crippen molar-refractivity contribution in [2.24, 2.45) is 0 Å². The number of nitrogens with one attached hydrogen (secondary N) is 1. The Morgan fingerprint density at radius 2 is 2.10 bits per heavy atom. The third-order valence-corrected chi connectivity index (χ3v) is 4.31. The Hall–Kier alpha value is -1.76. The normalized spacial score (nSPS) is 14.5. The Labute approximate surface area is 124 Å². The van der Waals surface area contributed by atoms with Crippen LogP contribution in [0, 0.1) is 0 Å². The molecule has 7 heteroatoms. The van der Waals surface area contributed by atoms with Gasteiger partial charge < -0.3 is 10.2 Å². The Kier molecular flexibility index (Phi) is 3.32. The molecule has 2 heterocycles. The highest BCUT2D eigenvalue weighted by Gasteiger charge is 2.35. The third kappa shape index (κ3) is 2.46. The van der Waals surface area contributed by atoms with E-state index in [2.05, 4.69) is 29.0 Å². The number of aromatic nitrogens is 1. The van der Waals surface area contributed by atoms with Crippen molar-refractivity contribution < 1.29 is 13.2 Å². The molecule has 0 bridgehead atoms. The third-order valence-electron chi connectivity index (χ3n) is 3.42. The van der Waals surface area contributed by atoms with Crippen molar-refractivity contribution in [1.29, 1.82) is 0 Å². The second-order valence-corrected chi connectivity index (χ2v) is 5.99. The van der Waals surface area contributed by atoms with Gasteiger partial charge in [0.05, 0.1) is 23.7 Å². The Morgan fingerprint density at radius 1 is 1.33 bits per heavy atom. The summed E-state index contributed by atoms with van der Waals surface area (Å²) in [5.74, 6) is 0. The summed E-state index contributed by atoms with van der Waals surface area (Å²) in [4.78, 5) is 5.90. The van der Waals surface area contributed by atoms with Gasteiger partial charge >= 0.3 is 6.18 Å². The number of para-hydroxylation sites is 1. The molecule has 21 heavy (non-hydrogen) atoms. The number of hydrogen-bond donors (Lipinski definition) is 1. The fourth-order valence-electron chi connectivity index (χ4n) is 2.42. The van der Waals surface area contributed by atoms with E-state index in [-0.39, 0.29) is 0 Å². The topological polar surface area (TPSA) is 28.2 Å². The molecule has 1 N–H and O–H groups in total. The van der Waals surface area contributed by atoms with Gasteiger partial charge in [0.2, 0.25) is 0 Å². The minimum Gasteiger partial charge on any atom is -0.366 e.